The Labute approximate surface area is 68.1 Å². The van der Waals surface area contributed by atoms with Crippen LogP contribution in [-0.4, -0.2) is 33.0 Å². The second-order valence-corrected chi connectivity index (χ2v) is 5.42. The molecule has 1 N–H and O–H groups in total. The van der Waals surface area contributed by atoms with E-state index in [4.69, 9.17) is 0 Å². The summed E-state index contributed by atoms with van der Waals surface area (Å²) in [6.45, 7) is 0.972. The summed E-state index contributed by atoms with van der Waals surface area (Å²) in [5, 5.41) is 3.20. The molecule has 1 fully saturated rings. The molecule has 3 nitrogen and oxygen atoms in total. The first-order chi connectivity index (χ1) is 5.08. The van der Waals surface area contributed by atoms with Crippen LogP contribution < -0.4 is 5.32 Å². The summed E-state index contributed by atoms with van der Waals surface area (Å²) in [5.41, 5.74) is 0. The zero-order valence-electron chi connectivity index (χ0n) is 6.84. The van der Waals surface area contributed by atoms with Crippen molar-refractivity contribution in [2.24, 2.45) is 0 Å². The van der Waals surface area contributed by atoms with E-state index in [1.54, 1.807) is 0 Å². The molecule has 0 aromatic carbocycles. The molecule has 1 aliphatic heterocycles. The van der Waals surface area contributed by atoms with E-state index < -0.39 is 9.84 Å². The molecule has 0 aromatic rings. The highest BCUT2D eigenvalue weighted by atomic mass is 32.2. The van der Waals surface area contributed by atoms with Gasteiger partial charge in [-0.25, -0.2) is 8.42 Å². The highest BCUT2D eigenvalue weighted by Crippen LogP contribution is 2.08. The maximum Gasteiger partial charge on any atom is 0.148 e. The lowest BCUT2D eigenvalue weighted by Crippen LogP contribution is -2.38. The topological polar surface area (TPSA) is 46.2 Å². The molecule has 1 saturated heterocycles. The van der Waals surface area contributed by atoms with Crippen LogP contribution in [0.25, 0.3) is 0 Å². The highest BCUT2D eigenvalue weighted by molar-refractivity contribution is 7.90. The quantitative estimate of drug-likeness (QED) is 0.654. The molecule has 1 aliphatic rings. The summed E-state index contributed by atoms with van der Waals surface area (Å²) in [6.07, 6.45) is 4.64. The molecule has 0 aromatic heterocycles. The molecular weight excluding hydrogens is 162 g/mol. The van der Waals surface area contributed by atoms with Crippen LogP contribution in [0.4, 0.5) is 0 Å². The van der Waals surface area contributed by atoms with Gasteiger partial charge in [-0.3, -0.25) is 0 Å². The number of sulfone groups is 1. The van der Waals surface area contributed by atoms with E-state index in [1.807, 2.05) is 0 Å². The van der Waals surface area contributed by atoms with Crippen LogP contribution in [0, 0.1) is 0 Å². The predicted octanol–water partition coefficient (Wildman–Crippen LogP) is 0.173. The Balaban J connectivity index is 2.36. The number of piperidine rings is 1. The van der Waals surface area contributed by atoms with Crippen LogP contribution in [-0.2, 0) is 9.84 Å². The van der Waals surface area contributed by atoms with Crippen LogP contribution in [0.2, 0.25) is 0 Å². The van der Waals surface area contributed by atoms with Gasteiger partial charge in [0.2, 0.25) is 0 Å². The zero-order chi connectivity index (χ0) is 8.32. The summed E-state index contributed by atoms with van der Waals surface area (Å²) in [5.74, 6) is 0.299. The van der Waals surface area contributed by atoms with Crippen molar-refractivity contribution in [1.29, 1.82) is 0 Å². The maximum atomic E-state index is 10.9. The van der Waals surface area contributed by atoms with Crippen molar-refractivity contribution in [3.05, 3.63) is 0 Å². The lowest BCUT2D eigenvalue weighted by atomic mass is 10.1. The molecular formula is C7H15NO2S. The van der Waals surface area contributed by atoms with Gasteiger partial charge in [-0.05, 0) is 19.4 Å². The minimum atomic E-state index is -2.79. The molecule has 0 unspecified atom stereocenters. The Hall–Kier alpha value is -0.0900. The second-order valence-electron chi connectivity index (χ2n) is 3.24. The van der Waals surface area contributed by atoms with Gasteiger partial charge in [-0.15, -0.1) is 0 Å². The third-order valence-electron chi connectivity index (χ3n) is 1.92. The van der Waals surface area contributed by atoms with Crippen LogP contribution >= 0.6 is 0 Å². The number of hydrogen-bond acceptors (Lipinski definition) is 3. The highest BCUT2D eigenvalue weighted by Gasteiger charge is 2.16. The first-order valence-electron chi connectivity index (χ1n) is 3.99. The summed E-state index contributed by atoms with van der Waals surface area (Å²) >= 11 is 0. The molecule has 66 valence electrons. The van der Waals surface area contributed by atoms with Crippen molar-refractivity contribution in [1.82, 2.24) is 5.32 Å². The van der Waals surface area contributed by atoms with Crippen LogP contribution in [0.5, 0.6) is 0 Å². The van der Waals surface area contributed by atoms with Gasteiger partial charge in [-0.1, -0.05) is 6.42 Å². The molecule has 11 heavy (non-hydrogen) atoms. The van der Waals surface area contributed by atoms with E-state index in [0.29, 0.717) is 5.75 Å². The van der Waals surface area contributed by atoms with Gasteiger partial charge in [0.25, 0.3) is 0 Å². The van der Waals surface area contributed by atoms with Gasteiger partial charge >= 0.3 is 0 Å². The molecule has 1 rings (SSSR count). The van der Waals surface area contributed by atoms with Crippen molar-refractivity contribution >= 4 is 9.84 Å². The van der Waals surface area contributed by atoms with Gasteiger partial charge in [0, 0.05) is 12.3 Å². The zero-order valence-corrected chi connectivity index (χ0v) is 7.65. The molecule has 4 heteroatoms. The molecule has 0 amide bonds. The van der Waals surface area contributed by atoms with Crippen LogP contribution in [0.15, 0.2) is 0 Å². The third kappa shape index (κ3) is 3.72. The first kappa shape index (κ1) is 9.00. The monoisotopic (exact) mass is 177 g/mol. The Bertz CT molecular complexity index is 204. The largest absolute Gasteiger partial charge is 0.313 e. The minimum Gasteiger partial charge on any atom is -0.313 e. The van der Waals surface area contributed by atoms with E-state index in [0.717, 1.165) is 19.4 Å². The number of rotatable bonds is 2. The predicted molar refractivity (Wildman–Crippen MR) is 45.4 cm³/mol. The van der Waals surface area contributed by atoms with Crippen LogP contribution in [0.3, 0.4) is 0 Å². The smallest absolute Gasteiger partial charge is 0.148 e. The van der Waals surface area contributed by atoms with E-state index in [1.165, 1.54) is 12.7 Å². The molecule has 1 heterocycles. The van der Waals surface area contributed by atoms with Crippen molar-refractivity contribution in [3.63, 3.8) is 0 Å². The fourth-order valence-corrected chi connectivity index (χ4v) is 2.45. The molecule has 0 radical (unpaired) electrons. The minimum absolute atomic E-state index is 0.207. The van der Waals surface area contributed by atoms with E-state index in [-0.39, 0.29) is 6.04 Å². The molecule has 0 aliphatic carbocycles. The van der Waals surface area contributed by atoms with Crippen molar-refractivity contribution in [2.45, 2.75) is 25.3 Å². The Morgan fingerprint density at radius 2 is 2.18 bits per heavy atom. The normalized spacial score (nSPS) is 26.8. The fourth-order valence-electron chi connectivity index (χ4n) is 1.43. The van der Waals surface area contributed by atoms with Crippen molar-refractivity contribution < 1.29 is 8.42 Å². The Kier molecular flexibility index (Phi) is 2.90. The van der Waals surface area contributed by atoms with Crippen molar-refractivity contribution in [2.75, 3.05) is 18.6 Å². The molecule has 1 atom stereocenters. The average molecular weight is 177 g/mol. The Morgan fingerprint density at radius 3 is 2.64 bits per heavy atom. The molecule has 0 bridgehead atoms. The van der Waals surface area contributed by atoms with E-state index >= 15 is 0 Å². The van der Waals surface area contributed by atoms with Gasteiger partial charge in [0.15, 0.2) is 0 Å². The average Bonchev–Trinajstić information content (AvgIpc) is 1.85. The summed E-state index contributed by atoms with van der Waals surface area (Å²) in [4.78, 5) is 0. The third-order valence-corrected chi connectivity index (χ3v) is 2.92. The van der Waals surface area contributed by atoms with E-state index in [9.17, 15) is 8.42 Å². The summed E-state index contributed by atoms with van der Waals surface area (Å²) in [7, 11) is -2.79. The molecule has 0 saturated carbocycles. The first-order valence-corrected chi connectivity index (χ1v) is 6.05. The lowest BCUT2D eigenvalue weighted by molar-refractivity contribution is 0.424. The lowest BCUT2D eigenvalue weighted by Gasteiger charge is -2.22. The fraction of sp³-hybridized carbons (Fsp3) is 1.00. The van der Waals surface area contributed by atoms with Crippen LogP contribution in [0.1, 0.15) is 19.3 Å². The van der Waals surface area contributed by atoms with Gasteiger partial charge in [-0.2, -0.15) is 0 Å². The van der Waals surface area contributed by atoms with E-state index in [2.05, 4.69) is 5.32 Å². The SMILES string of the molecule is CS(=O)(=O)C[C@H]1CCCCN1. The van der Waals surface area contributed by atoms with Gasteiger partial charge in [0.1, 0.15) is 9.84 Å². The number of nitrogens with one attached hydrogen (secondary N) is 1. The maximum absolute atomic E-state index is 10.9. The standard InChI is InChI=1S/C7H15NO2S/c1-11(9,10)6-7-4-2-3-5-8-7/h7-8H,2-6H2,1H3/t7-/m1/s1. The molecule has 0 spiro atoms. The summed E-state index contributed by atoms with van der Waals surface area (Å²) < 4.78 is 21.7. The second kappa shape index (κ2) is 3.54. The summed E-state index contributed by atoms with van der Waals surface area (Å²) in [6, 6.07) is 0.207. The van der Waals surface area contributed by atoms with Gasteiger partial charge in [0.05, 0.1) is 5.75 Å². The van der Waals surface area contributed by atoms with Crippen molar-refractivity contribution in [3.8, 4) is 0 Å². The number of hydrogen-bond donors (Lipinski definition) is 1. The van der Waals surface area contributed by atoms with Gasteiger partial charge < -0.3 is 5.32 Å². The Morgan fingerprint density at radius 1 is 1.45 bits per heavy atom.